The van der Waals surface area contributed by atoms with Crippen molar-refractivity contribution in [1.82, 2.24) is 4.90 Å². The summed E-state index contributed by atoms with van der Waals surface area (Å²) in [5.74, 6) is -0.866. The highest BCUT2D eigenvalue weighted by molar-refractivity contribution is 7.91. The molecule has 1 aromatic carbocycles. The van der Waals surface area contributed by atoms with Gasteiger partial charge in [-0.2, -0.15) is 0 Å². The van der Waals surface area contributed by atoms with E-state index >= 15 is 0 Å². The van der Waals surface area contributed by atoms with Gasteiger partial charge >= 0.3 is 5.97 Å². The zero-order valence-corrected chi connectivity index (χ0v) is 15.3. The maximum atomic E-state index is 12.3. The van der Waals surface area contributed by atoms with Gasteiger partial charge in [-0.05, 0) is 38.3 Å². The Labute approximate surface area is 142 Å². The summed E-state index contributed by atoms with van der Waals surface area (Å²) in [7, 11) is -1.52. The van der Waals surface area contributed by atoms with Crippen LogP contribution in [-0.4, -0.2) is 56.4 Å². The van der Waals surface area contributed by atoms with E-state index in [0.717, 1.165) is 16.7 Å². The molecule has 24 heavy (non-hydrogen) atoms. The molecule has 1 heterocycles. The van der Waals surface area contributed by atoms with E-state index in [4.69, 9.17) is 4.74 Å². The fourth-order valence-electron chi connectivity index (χ4n) is 3.09. The van der Waals surface area contributed by atoms with E-state index < -0.39 is 28.3 Å². The Hall–Kier alpha value is -1.89. The standard InChI is InChI=1S/C17H23NO5S/c1-11-7-12(2)16(13(3)8-11)17(20)23-9-15(19)18(4)14-5-6-24(21,22)10-14/h7-8,14H,5-6,9-10H2,1-4H3. The zero-order valence-electron chi connectivity index (χ0n) is 14.5. The quantitative estimate of drug-likeness (QED) is 0.765. The Morgan fingerprint density at radius 3 is 2.29 bits per heavy atom. The number of hydrogen-bond donors (Lipinski definition) is 0. The first-order valence-corrected chi connectivity index (χ1v) is 9.64. The number of esters is 1. The Kier molecular flexibility index (Phi) is 5.32. The lowest BCUT2D eigenvalue weighted by atomic mass is 10.00. The number of carbonyl (C=O) groups excluding carboxylic acids is 2. The Bertz CT molecular complexity index is 746. The van der Waals surface area contributed by atoms with Crippen LogP contribution in [0.1, 0.15) is 33.5 Å². The molecule has 1 aliphatic heterocycles. The minimum Gasteiger partial charge on any atom is -0.452 e. The van der Waals surface area contributed by atoms with Gasteiger partial charge in [0.05, 0.1) is 17.1 Å². The molecule has 1 unspecified atom stereocenters. The fourth-order valence-corrected chi connectivity index (χ4v) is 4.86. The van der Waals surface area contributed by atoms with Crippen molar-refractivity contribution in [3.63, 3.8) is 0 Å². The van der Waals surface area contributed by atoms with Crippen LogP contribution in [0.3, 0.4) is 0 Å². The third-order valence-corrected chi connectivity index (χ3v) is 6.11. The first-order chi connectivity index (χ1) is 11.1. The molecule has 1 fully saturated rings. The number of carbonyl (C=O) groups is 2. The van der Waals surface area contributed by atoms with Crippen molar-refractivity contribution in [3.05, 3.63) is 34.4 Å². The highest BCUT2D eigenvalue weighted by Gasteiger charge is 2.33. The van der Waals surface area contributed by atoms with Crippen LogP contribution in [0, 0.1) is 20.8 Å². The van der Waals surface area contributed by atoms with Crippen molar-refractivity contribution in [1.29, 1.82) is 0 Å². The van der Waals surface area contributed by atoms with E-state index in [-0.39, 0.29) is 17.5 Å². The van der Waals surface area contributed by atoms with E-state index in [2.05, 4.69) is 0 Å². The average Bonchev–Trinajstić information content (AvgIpc) is 2.83. The first kappa shape index (κ1) is 18.4. The summed E-state index contributed by atoms with van der Waals surface area (Å²) in [6, 6.07) is 3.44. The van der Waals surface area contributed by atoms with Crippen LogP contribution in [0.15, 0.2) is 12.1 Å². The summed E-state index contributed by atoms with van der Waals surface area (Å²) in [6.45, 7) is 5.21. The Morgan fingerprint density at radius 1 is 1.21 bits per heavy atom. The second-order valence-corrected chi connectivity index (χ2v) is 8.64. The number of ether oxygens (including phenoxy) is 1. The smallest absolute Gasteiger partial charge is 0.339 e. The molecule has 7 heteroatoms. The number of hydrogen-bond acceptors (Lipinski definition) is 5. The SMILES string of the molecule is Cc1cc(C)c(C(=O)OCC(=O)N(C)C2CCS(=O)(=O)C2)c(C)c1. The van der Waals surface area contributed by atoms with Crippen LogP contribution in [0.5, 0.6) is 0 Å². The normalized spacial score (nSPS) is 19.1. The van der Waals surface area contributed by atoms with E-state index in [1.165, 1.54) is 4.90 Å². The third-order valence-electron chi connectivity index (χ3n) is 4.36. The van der Waals surface area contributed by atoms with Gasteiger partial charge in [-0.3, -0.25) is 4.79 Å². The Morgan fingerprint density at radius 2 is 1.79 bits per heavy atom. The number of aryl methyl sites for hydroxylation is 3. The summed E-state index contributed by atoms with van der Waals surface area (Å²) in [5.41, 5.74) is 3.14. The molecule has 132 valence electrons. The maximum Gasteiger partial charge on any atom is 0.339 e. The molecule has 0 aliphatic carbocycles. The van der Waals surface area contributed by atoms with Gasteiger partial charge in [0.1, 0.15) is 0 Å². The molecular formula is C17H23NO5S. The van der Waals surface area contributed by atoms with Crippen LogP contribution in [0.4, 0.5) is 0 Å². The average molecular weight is 353 g/mol. The number of nitrogens with zero attached hydrogens (tertiary/aromatic N) is 1. The molecular weight excluding hydrogens is 330 g/mol. The summed E-state index contributed by atoms with van der Waals surface area (Å²) in [5, 5.41) is 0. The lowest BCUT2D eigenvalue weighted by Crippen LogP contribution is -2.40. The number of amides is 1. The molecule has 2 rings (SSSR count). The summed E-state index contributed by atoms with van der Waals surface area (Å²) >= 11 is 0. The number of rotatable bonds is 4. The van der Waals surface area contributed by atoms with E-state index in [1.807, 2.05) is 32.9 Å². The number of benzene rings is 1. The van der Waals surface area contributed by atoms with Gasteiger partial charge < -0.3 is 9.64 Å². The van der Waals surface area contributed by atoms with Gasteiger partial charge in [0, 0.05) is 13.1 Å². The fraction of sp³-hybridized carbons (Fsp3) is 0.529. The lowest BCUT2D eigenvalue weighted by molar-refractivity contribution is -0.134. The van der Waals surface area contributed by atoms with Crippen LogP contribution < -0.4 is 0 Å². The monoisotopic (exact) mass is 353 g/mol. The summed E-state index contributed by atoms with van der Waals surface area (Å²) in [4.78, 5) is 25.8. The molecule has 0 saturated carbocycles. The molecule has 1 amide bonds. The molecule has 0 bridgehead atoms. The molecule has 1 atom stereocenters. The molecule has 0 spiro atoms. The minimum atomic E-state index is -3.07. The lowest BCUT2D eigenvalue weighted by Gasteiger charge is -2.23. The minimum absolute atomic E-state index is 0.0284. The van der Waals surface area contributed by atoms with Crippen molar-refractivity contribution in [2.45, 2.75) is 33.2 Å². The molecule has 6 nitrogen and oxygen atoms in total. The van der Waals surface area contributed by atoms with Gasteiger partial charge in [0.2, 0.25) is 0 Å². The highest BCUT2D eigenvalue weighted by atomic mass is 32.2. The third kappa shape index (κ3) is 4.14. The molecule has 0 aromatic heterocycles. The first-order valence-electron chi connectivity index (χ1n) is 7.82. The van der Waals surface area contributed by atoms with E-state index in [9.17, 15) is 18.0 Å². The number of sulfone groups is 1. The van der Waals surface area contributed by atoms with Crippen LogP contribution in [-0.2, 0) is 19.4 Å². The van der Waals surface area contributed by atoms with E-state index in [1.54, 1.807) is 7.05 Å². The van der Waals surface area contributed by atoms with Gasteiger partial charge in [-0.25, -0.2) is 13.2 Å². The van der Waals surface area contributed by atoms with Gasteiger partial charge in [-0.1, -0.05) is 17.7 Å². The number of likely N-dealkylation sites (N-methyl/N-ethyl adjacent to an activating group) is 1. The van der Waals surface area contributed by atoms with Crippen molar-refractivity contribution in [3.8, 4) is 0 Å². The molecule has 0 radical (unpaired) electrons. The maximum absolute atomic E-state index is 12.3. The van der Waals surface area contributed by atoms with E-state index in [0.29, 0.717) is 12.0 Å². The van der Waals surface area contributed by atoms with Crippen molar-refractivity contribution < 1.29 is 22.7 Å². The summed E-state index contributed by atoms with van der Waals surface area (Å²) < 4.78 is 28.1. The van der Waals surface area contributed by atoms with Crippen molar-refractivity contribution in [2.75, 3.05) is 25.2 Å². The molecule has 1 aromatic rings. The van der Waals surface area contributed by atoms with Crippen LogP contribution in [0.25, 0.3) is 0 Å². The zero-order chi connectivity index (χ0) is 18.1. The Balaban J connectivity index is 1.98. The predicted octanol–water partition coefficient (Wildman–Crippen LogP) is 1.41. The molecule has 1 saturated heterocycles. The second-order valence-electron chi connectivity index (χ2n) is 6.41. The largest absolute Gasteiger partial charge is 0.452 e. The van der Waals surface area contributed by atoms with Crippen LogP contribution in [0.2, 0.25) is 0 Å². The van der Waals surface area contributed by atoms with Crippen molar-refractivity contribution in [2.24, 2.45) is 0 Å². The van der Waals surface area contributed by atoms with Gasteiger partial charge in [0.25, 0.3) is 5.91 Å². The molecule has 0 N–H and O–H groups in total. The van der Waals surface area contributed by atoms with Crippen molar-refractivity contribution >= 4 is 21.7 Å². The van der Waals surface area contributed by atoms with Gasteiger partial charge in [-0.15, -0.1) is 0 Å². The summed E-state index contributed by atoms with van der Waals surface area (Å²) in [6.07, 6.45) is 0.425. The molecule has 1 aliphatic rings. The second kappa shape index (κ2) is 6.93. The highest BCUT2D eigenvalue weighted by Crippen LogP contribution is 2.19. The van der Waals surface area contributed by atoms with Gasteiger partial charge in [0.15, 0.2) is 16.4 Å². The predicted molar refractivity (Wildman–Crippen MR) is 90.8 cm³/mol. The van der Waals surface area contributed by atoms with Crippen LogP contribution >= 0.6 is 0 Å². The topological polar surface area (TPSA) is 80.8 Å².